The summed E-state index contributed by atoms with van der Waals surface area (Å²) in [4.78, 5) is 0.348. The topological polar surface area (TPSA) is 66.4 Å². The van der Waals surface area contributed by atoms with Gasteiger partial charge in [0.25, 0.3) is 0 Å². The van der Waals surface area contributed by atoms with Crippen LogP contribution in [0.15, 0.2) is 29.2 Å². The number of rotatable bonds is 7. The van der Waals surface area contributed by atoms with Crippen LogP contribution >= 0.6 is 0 Å². The maximum Gasteiger partial charge on any atom is 0.178 e. The fraction of sp³-hybridized carbons (Fsp3) is 0.571. The average Bonchev–Trinajstić information content (AvgIpc) is 2.45. The van der Waals surface area contributed by atoms with E-state index in [4.69, 9.17) is 0 Å². The second-order valence-corrected chi connectivity index (χ2v) is 7.38. The van der Waals surface area contributed by atoms with Gasteiger partial charge in [-0.25, -0.2) is 8.42 Å². The van der Waals surface area contributed by atoms with Crippen molar-refractivity contribution >= 4 is 15.5 Å². The molecule has 0 spiro atoms. The van der Waals surface area contributed by atoms with Crippen LogP contribution in [0.25, 0.3) is 0 Å². The normalized spacial score (nSPS) is 14.9. The summed E-state index contributed by atoms with van der Waals surface area (Å²) in [6.07, 6.45) is 0.874. The molecular formula is C14H23NO3S. The first kappa shape index (κ1) is 16.0. The van der Waals surface area contributed by atoms with Crippen molar-refractivity contribution < 1.29 is 13.5 Å². The molecule has 1 rings (SSSR count). The van der Waals surface area contributed by atoms with Gasteiger partial charge in [-0.1, -0.05) is 20.8 Å². The molecule has 0 bridgehead atoms. The van der Waals surface area contributed by atoms with Crippen molar-refractivity contribution in [2.75, 3.05) is 24.2 Å². The third kappa shape index (κ3) is 4.21. The van der Waals surface area contributed by atoms with Crippen molar-refractivity contribution in [3.05, 3.63) is 24.3 Å². The van der Waals surface area contributed by atoms with Gasteiger partial charge in [-0.15, -0.1) is 0 Å². The highest BCUT2D eigenvalue weighted by Gasteiger charge is 2.20. The Labute approximate surface area is 115 Å². The predicted octanol–water partition coefficient (Wildman–Crippen LogP) is 2.30. The van der Waals surface area contributed by atoms with Crippen LogP contribution in [0.4, 0.5) is 5.69 Å². The lowest BCUT2D eigenvalue weighted by atomic mass is 9.88. The van der Waals surface area contributed by atoms with E-state index in [2.05, 4.69) is 5.32 Å². The molecule has 0 saturated heterocycles. The summed E-state index contributed by atoms with van der Waals surface area (Å²) >= 11 is 0. The molecule has 0 aliphatic carbocycles. The molecule has 0 amide bonds. The summed E-state index contributed by atoms with van der Waals surface area (Å²) in [6, 6.07) is 6.75. The summed E-state index contributed by atoms with van der Waals surface area (Å²) in [5, 5.41) is 12.6. The molecule has 5 heteroatoms. The van der Waals surface area contributed by atoms with Crippen LogP contribution in [0.3, 0.4) is 0 Å². The van der Waals surface area contributed by atoms with Crippen molar-refractivity contribution in [2.24, 2.45) is 5.41 Å². The van der Waals surface area contributed by atoms with E-state index in [-0.39, 0.29) is 17.8 Å². The minimum atomic E-state index is -3.14. The maximum atomic E-state index is 11.7. The van der Waals surface area contributed by atoms with Gasteiger partial charge in [0.2, 0.25) is 0 Å². The number of benzene rings is 1. The Kier molecular flexibility index (Phi) is 5.38. The summed E-state index contributed by atoms with van der Waals surface area (Å²) in [7, 11) is -3.14. The molecule has 2 N–H and O–H groups in total. The van der Waals surface area contributed by atoms with Gasteiger partial charge in [-0.05, 0) is 30.7 Å². The third-order valence-corrected chi connectivity index (χ3v) is 5.30. The van der Waals surface area contributed by atoms with E-state index in [0.717, 1.165) is 12.1 Å². The van der Waals surface area contributed by atoms with Crippen molar-refractivity contribution in [1.29, 1.82) is 0 Å². The Morgan fingerprint density at radius 1 is 1.21 bits per heavy atom. The Morgan fingerprint density at radius 3 is 2.21 bits per heavy atom. The lowest BCUT2D eigenvalue weighted by Gasteiger charge is -2.26. The van der Waals surface area contributed by atoms with E-state index in [0.29, 0.717) is 11.4 Å². The zero-order valence-corrected chi connectivity index (χ0v) is 12.6. The van der Waals surface area contributed by atoms with Crippen LogP contribution < -0.4 is 5.32 Å². The van der Waals surface area contributed by atoms with Gasteiger partial charge in [0.15, 0.2) is 9.84 Å². The molecule has 0 saturated carbocycles. The van der Waals surface area contributed by atoms with Gasteiger partial charge in [0.05, 0.1) is 17.3 Å². The van der Waals surface area contributed by atoms with Gasteiger partial charge < -0.3 is 10.4 Å². The molecule has 1 aromatic rings. The smallest absolute Gasteiger partial charge is 0.178 e. The molecule has 1 atom stereocenters. The molecule has 0 heterocycles. The fourth-order valence-electron chi connectivity index (χ4n) is 1.55. The minimum absolute atomic E-state index is 0.109. The number of aliphatic hydroxyl groups excluding tert-OH is 1. The molecule has 19 heavy (non-hydrogen) atoms. The molecule has 1 unspecified atom stereocenters. The van der Waals surface area contributed by atoms with Crippen LogP contribution in [0.5, 0.6) is 0 Å². The number of aliphatic hydroxyl groups is 1. The number of nitrogens with one attached hydrogen (secondary N) is 1. The summed E-state index contributed by atoms with van der Waals surface area (Å²) in [5.74, 6) is 0.109. The molecule has 0 radical (unpaired) electrons. The van der Waals surface area contributed by atoms with Crippen molar-refractivity contribution in [3.63, 3.8) is 0 Å². The fourth-order valence-corrected chi connectivity index (χ4v) is 2.44. The van der Waals surface area contributed by atoms with Gasteiger partial charge in [-0.2, -0.15) is 0 Å². The monoisotopic (exact) mass is 285 g/mol. The highest BCUT2D eigenvalue weighted by molar-refractivity contribution is 7.91. The SMILES string of the molecule is CCC(C)(CO)CNc1ccc(S(=O)(=O)CC)cc1. The lowest BCUT2D eigenvalue weighted by Crippen LogP contribution is -2.29. The third-order valence-electron chi connectivity index (χ3n) is 3.55. The Balaban J connectivity index is 2.73. The van der Waals surface area contributed by atoms with Crippen LogP contribution in [-0.4, -0.2) is 32.4 Å². The summed E-state index contributed by atoms with van der Waals surface area (Å²) < 4.78 is 23.3. The number of anilines is 1. The first-order valence-electron chi connectivity index (χ1n) is 6.54. The van der Waals surface area contributed by atoms with E-state index in [1.165, 1.54) is 0 Å². The second kappa shape index (κ2) is 6.39. The number of sulfone groups is 1. The molecule has 0 fully saturated rings. The molecule has 1 aromatic carbocycles. The lowest BCUT2D eigenvalue weighted by molar-refractivity contribution is 0.149. The van der Waals surface area contributed by atoms with Gasteiger partial charge in [0, 0.05) is 17.6 Å². The summed E-state index contributed by atoms with van der Waals surface area (Å²) in [6.45, 7) is 6.46. The van der Waals surface area contributed by atoms with Crippen LogP contribution in [0, 0.1) is 5.41 Å². The molecule has 0 aliphatic rings. The Morgan fingerprint density at radius 2 is 1.79 bits per heavy atom. The maximum absolute atomic E-state index is 11.7. The first-order valence-corrected chi connectivity index (χ1v) is 8.19. The van der Waals surface area contributed by atoms with Crippen LogP contribution in [-0.2, 0) is 9.84 Å². The molecule has 0 aromatic heterocycles. The minimum Gasteiger partial charge on any atom is -0.396 e. The zero-order chi connectivity index (χ0) is 14.5. The van der Waals surface area contributed by atoms with Gasteiger partial charge in [0.1, 0.15) is 0 Å². The van der Waals surface area contributed by atoms with Crippen molar-refractivity contribution in [1.82, 2.24) is 0 Å². The molecular weight excluding hydrogens is 262 g/mol. The quantitative estimate of drug-likeness (QED) is 0.806. The second-order valence-electron chi connectivity index (χ2n) is 5.10. The highest BCUT2D eigenvalue weighted by Crippen LogP contribution is 2.22. The van der Waals surface area contributed by atoms with E-state index in [1.54, 1.807) is 31.2 Å². The Hall–Kier alpha value is -1.07. The highest BCUT2D eigenvalue weighted by atomic mass is 32.2. The largest absolute Gasteiger partial charge is 0.396 e. The molecule has 4 nitrogen and oxygen atoms in total. The van der Waals surface area contributed by atoms with Crippen molar-refractivity contribution in [3.8, 4) is 0 Å². The molecule has 0 aliphatic heterocycles. The van der Waals surface area contributed by atoms with E-state index >= 15 is 0 Å². The van der Waals surface area contributed by atoms with E-state index < -0.39 is 9.84 Å². The Bertz CT molecular complexity index is 490. The van der Waals surface area contributed by atoms with Gasteiger partial charge in [-0.3, -0.25) is 0 Å². The number of hydrogen-bond acceptors (Lipinski definition) is 4. The van der Waals surface area contributed by atoms with Crippen molar-refractivity contribution in [2.45, 2.75) is 32.1 Å². The standard InChI is InChI=1S/C14H23NO3S/c1-4-14(3,11-16)10-15-12-6-8-13(9-7-12)19(17,18)5-2/h6-9,15-16H,4-5,10-11H2,1-3H3. The predicted molar refractivity (Wildman–Crippen MR) is 78.1 cm³/mol. The van der Waals surface area contributed by atoms with E-state index in [9.17, 15) is 13.5 Å². The van der Waals surface area contributed by atoms with E-state index in [1.807, 2.05) is 13.8 Å². The zero-order valence-electron chi connectivity index (χ0n) is 11.8. The van der Waals surface area contributed by atoms with Crippen LogP contribution in [0.2, 0.25) is 0 Å². The number of hydrogen-bond donors (Lipinski definition) is 2. The van der Waals surface area contributed by atoms with Crippen LogP contribution in [0.1, 0.15) is 27.2 Å². The first-order chi connectivity index (χ1) is 8.87. The van der Waals surface area contributed by atoms with Gasteiger partial charge >= 0.3 is 0 Å². The summed E-state index contributed by atoms with van der Waals surface area (Å²) in [5.41, 5.74) is 0.705. The molecule has 108 valence electrons. The average molecular weight is 285 g/mol.